The minimum atomic E-state index is 0.473. The molecule has 0 atom stereocenters. The zero-order chi connectivity index (χ0) is 10.8. The first-order chi connectivity index (χ1) is 7.20. The SMILES string of the molecule is NCc1cc(-c2ccc(Br)cc2Br)n[nH]1. The predicted octanol–water partition coefficient (Wildman–Crippen LogP) is 3.06. The quantitative estimate of drug-likeness (QED) is 0.889. The number of nitrogens with two attached hydrogens (primary N) is 1. The molecule has 0 unspecified atom stereocenters. The van der Waals surface area contributed by atoms with Gasteiger partial charge in [0.25, 0.3) is 0 Å². The fraction of sp³-hybridized carbons (Fsp3) is 0.100. The van der Waals surface area contributed by atoms with Gasteiger partial charge < -0.3 is 5.73 Å². The molecule has 78 valence electrons. The molecule has 15 heavy (non-hydrogen) atoms. The summed E-state index contributed by atoms with van der Waals surface area (Å²) in [6.07, 6.45) is 0. The number of benzene rings is 1. The van der Waals surface area contributed by atoms with Gasteiger partial charge in [0.05, 0.1) is 5.69 Å². The van der Waals surface area contributed by atoms with Crippen molar-refractivity contribution in [2.75, 3.05) is 0 Å². The van der Waals surface area contributed by atoms with Crippen LogP contribution >= 0.6 is 31.9 Å². The maximum atomic E-state index is 5.51. The Balaban J connectivity index is 2.44. The highest BCUT2D eigenvalue weighted by Gasteiger charge is 2.07. The molecule has 0 aliphatic heterocycles. The predicted molar refractivity (Wildman–Crippen MR) is 67.3 cm³/mol. The minimum Gasteiger partial charge on any atom is -0.325 e. The molecule has 0 saturated heterocycles. The number of halogens is 2. The molecule has 0 fully saturated rings. The summed E-state index contributed by atoms with van der Waals surface area (Å²) in [7, 11) is 0. The van der Waals surface area contributed by atoms with E-state index in [1.165, 1.54) is 0 Å². The lowest BCUT2D eigenvalue weighted by atomic mass is 10.1. The van der Waals surface area contributed by atoms with Gasteiger partial charge in [-0.15, -0.1) is 0 Å². The number of aromatic amines is 1. The van der Waals surface area contributed by atoms with E-state index in [0.29, 0.717) is 6.54 Å². The summed E-state index contributed by atoms with van der Waals surface area (Å²) in [5.41, 5.74) is 8.39. The lowest BCUT2D eigenvalue weighted by Crippen LogP contribution is -1.95. The molecule has 2 aromatic rings. The Kier molecular flexibility index (Phi) is 3.23. The average molecular weight is 331 g/mol. The van der Waals surface area contributed by atoms with Gasteiger partial charge in [0.1, 0.15) is 0 Å². The first kappa shape index (κ1) is 10.9. The zero-order valence-electron chi connectivity index (χ0n) is 7.80. The van der Waals surface area contributed by atoms with E-state index in [2.05, 4.69) is 42.1 Å². The Morgan fingerprint density at radius 3 is 2.67 bits per heavy atom. The van der Waals surface area contributed by atoms with Crippen LogP contribution in [0, 0.1) is 0 Å². The maximum Gasteiger partial charge on any atom is 0.0935 e. The lowest BCUT2D eigenvalue weighted by molar-refractivity contribution is 0.948. The highest BCUT2D eigenvalue weighted by molar-refractivity contribution is 9.11. The first-order valence-corrected chi connectivity index (χ1v) is 5.99. The summed E-state index contributed by atoms with van der Waals surface area (Å²) in [6, 6.07) is 7.93. The molecular weight excluding hydrogens is 322 g/mol. The Morgan fingerprint density at radius 2 is 2.07 bits per heavy atom. The van der Waals surface area contributed by atoms with E-state index in [0.717, 1.165) is 25.9 Å². The van der Waals surface area contributed by atoms with Gasteiger partial charge in [0.2, 0.25) is 0 Å². The third kappa shape index (κ3) is 2.30. The number of rotatable bonds is 2. The first-order valence-electron chi connectivity index (χ1n) is 4.40. The summed E-state index contributed by atoms with van der Waals surface area (Å²) in [6.45, 7) is 0.473. The average Bonchev–Trinajstić information content (AvgIpc) is 2.66. The molecule has 0 saturated carbocycles. The van der Waals surface area contributed by atoms with E-state index >= 15 is 0 Å². The standard InChI is InChI=1S/C10H9Br2N3/c11-6-1-2-8(9(12)3-6)10-4-7(5-13)14-15-10/h1-4H,5,13H2,(H,14,15). The van der Waals surface area contributed by atoms with Gasteiger partial charge in [0, 0.05) is 26.7 Å². The molecule has 2 rings (SSSR count). The summed E-state index contributed by atoms with van der Waals surface area (Å²) in [5.74, 6) is 0. The van der Waals surface area contributed by atoms with Gasteiger partial charge in [-0.1, -0.05) is 37.9 Å². The largest absolute Gasteiger partial charge is 0.325 e. The Hall–Kier alpha value is -0.650. The van der Waals surface area contributed by atoms with E-state index in [1.807, 2.05) is 24.3 Å². The lowest BCUT2D eigenvalue weighted by Gasteiger charge is -2.00. The van der Waals surface area contributed by atoms with Crippen molar-refractivity contribution < 1.29 is 0 Å². The van der Waals surface area contributed by atoms with Crippen molar-refractivity contribution in [1.29, 1.82) is 0 Å². The molecule has 0 amide bonds. The van der Waals surface area contributed by atoms with Crippen molar-refractivity contribution in [2.24, 2.45) is 5.73 Å². The van der Waals surface area contributed by atoms with Crippen LogP contribution in [-0.4, -0.2) is 10.2 Å². The third-order valence-corrected chi connectivity index (χ3v) is 3.21. The van der Waals surface area contributed by atoms with Crippen molar-refractivity contribution in [3.05, 3.63) is 38.9 Å². The number of nitrogens with zero attached hydrogens (tertiary/aromatic N) is 1. The van der Waals surface area contributed by atoms with Crippen LogP contribution in [0.5, 0.6) is 0 Å². The van der Waals surface area contributed by atoms with Gasteiger partial charge in [-0.05, 0) is 18.2 Å². The fourth-order valence-electron chi connectivity index (χ4n) is 1.30. The van der Waals surface area contributed by atoms with Crippen LogP contribution in [-0.2, 0) is 6.54 Å². The van der Waals surface area contributed by atoms with Gasteiger partial charge in [0.15, 0.2) is 0 Å². The minimum absolute atomic E-state index is 0.473. The molecule has 0 bridgehead atoms. The highest BCUT2D eigenvalue weighted by Crippen LogP contribution is 2.29. The second kappa shape index (κ2) is 4.47. The van der Waals surface area contributed by atoms with Gasteiger partial charge in [-0.2, -0.15) is 5.10 Å². The molecule has 1 aromatic carbocycles. The van der Waals surface area contributed by atoms with E-state index in [4.69, 9.17) is 5.73 Å². The smallest absolute Gasteiger partial charge is 0.0935 e. The van der Waals surface area contributed by atoms with Crippen LogP contribution in [0.15, 0.2) is 33.2 Å². The monoisotopic (exact) mass is 329 g/mol. The van der Waals surface area contributed by atoms with Crippen molar-refractivity contribution in [1.82, 2.24) is 10.2 Å². The second-order valence-electron chi connectivity index (χ2n) is 3.11. The van der Waals surface area contributed by atoms with E-state index in [1.54, 1.807) is 0 Å². The molecule has 0 aliphatic carbocycles. The molecule has 0 radical (unpaired) electrons. The maximum absolute atomic E-state index is 5.51. The Morgan fingerprint density at radius 1 is 1.27 bits per heavy atom. The van der Waals surface area contributed by atoms with E-state index in [-0.39, 0.29) is 0 Å². The summed E-state index contributed by atoms with van der Waals surface area (Å²) in [5, 5.41) is 7.09. The molecule has 0 spiro atoms. The Bertz CT molecular complexity index is 479. The number of H-pyrrole nitrogens is 1. The number of hydrogen-bond acceptors (Lipinski definition) is 2. The number of hydrogen-bond donors (Lipinski definition) is 2. The second-order valence-corrected chi connectivity index (χ2v) is 4.88. The molecule has 5 heteroatoms. The van der Waals surface area contributed by atoms with Crippen LogP contribution in [0.2, 0.25) is 0 Å². The summed E-state index contributed by atoms with van der Waals surface area (Å²) in [4.78, 5) is 0. The molecule has 1 heterocycles. The van der Waals surface area contributed by atoms with Gasteiger partial charge >= 0.3 is 0 Å². The van der Waals surface area contributed by atoms with Crippen molar-refractivity contribution >= 4 is 31.9 Å². The van der Waals surface area contributed by atoms with Crippen LogP contribution in [0.3, 0.4) is 0 Å². The summed E-state index contributed by atoms with van der Waals surface area (Å²) < 4.78 is 2.04. The van der Waals surface area contributed by atoms with Crippen LogP contribution in [0.4, 0.5) is 0 Å². The zero-order valence-corrected chi connectivity index (χ0v) is 11.0. The topological polar surface area (TPSA) is 54.7 Å². The van der Waals surface area contributed by atoms with E-state index in [9.17, 15) is 0 Å². The van der Waals surface area contributed by atoms with Crippen molar-refractivity contribution in [3.63, 3.8) is 0 Å². The molecule has 3 N–H and O–H groups in total. The molecule has 1 aromatic heterocycles. The van der Waals surface area contributed by atoms with Crippen LogP contribution in [0.25, 0.3) is 11.3 Å². The number of aromatic nitrogens is 2. The summed E-state index contributed by atoms with van der Waals surface area (Å²) >= 11 is 6.91. The van der Waals surface area contributed by atoms with Gasteiger partial charge in [-0.3, -0.25) is 5.10 Å². The Labute approximate surface area is 104 Å². The highest BCUT2D eigenvalue weighted by atomic mass is 79.9. The van der Waals surface area contributed by atoms with Crippen LogP contribution in [0.1, 0.15) is 5.69 Å². The van der Waals surface area contributed by atoms with Crippen LogP contribution < -0.4 is 5.73 Å². The van der Waals surface area contributed by atoms with E-state index < -0.39 is 0 Å². The van der Waals surface area contributed by atoms with Gasteiger partial charge in [-0.25, -0.2) is 0 Å². The fourth-order valence-corrected chi connectivity index (χ4v) is 2.55. The molecule has 0 aliphatic rings. The van der Waals surface area contributed by atoms with Crippen molar-refractivity contribution in [2.45, 2.75) is 6.54 Å². The normalized spacial score (nSPS) is 10.6. The number of nitrogens with one attached hydrogen (secondary N) is 1. The molecular formula is C10H9Br2N3. The van der Waals surface area contributed by atoms with Crippen molar-refractivity contribution in [3.8, 4) is 11.3 Å². The molecule has 3 nitrogen and oxygen atoms in total. The third-order valence-electron chi connectivity index (χ3n) is 2.06.